The van der Waals surface area contributed by atoms with Crippen LogP contribution in [0, 0.1) is 0 Å². The third-order valence-corrected chi connectivity index (χ3v) is 0.717. The Labute approximate surface area is 63.4 Å². The fourth-order valence-corrected chi connectivity index (χ4v) is 0.265. The van der Waals surface area contributed by atoms with E-state index in [2.05, 4.69) is 35.8 Å². The Morgan fingerprint density at radius 3 is 2.50 bits per heavy atom. The Hall–Kier alpha value is -0.210. The summed E-state index contributed by atoms with van der Waals surface area (Å²) in [6.45, 7) is 3.16. The number of carbonyl (C=O) groups excluding carboxylic acids is 1. The van der Waals surface area contributed by atoms with Gasteiger partial charge in [-0.2, -0.15) is 4.55 Å². The number of rotatable bonds is 3. The van der Waals surface area contributed by atoms with Crippen LogP contribution in [-0.4, -0.2) is 10.5 Å². The highest BCUT2D eigenvalue weighted by Crippen LogP contribution is 1.99. The maximum atomic E-state index is 10.5. The Morgan fingerprint density at radius 2 is 2.20 bits per heavy atom. The minimum Gasteiger partial charge on any atom is -0.393 e. The van der Waals surface area contributed by atoms with E-state index in [1.165, 1.54) is 4.55 Å². The molecule has 0 fully saturated rings. The molecule has 2 unspecified atom stereocenters. The molecule has 0 aliphatic carbocycles. The van der Waals surface area contributed by atoms with Crippen LogP contribution < -0.4 is 11.3 Å². The molecule has 0 aliphatic heterocycles. The van der Waals surface area contributed by atoms with Gasteiger partial charge in [0.25, 0.3) is 0 Å². The van der Waals surface area contributed by atoms with Crippen molar-refractivity contribution in [3.05, 3.63) is 12.3 Å². The highest BCUT2D eigenvalue weighted by atomic mass is 31.1. The van der Waals surface area contributed by atoms with Gasteiger partial charge in [-0.1, -0.05) is 12.2 Å². The van der Waals surface area contributed by atoms with Gasteiger partial charge >= 0.3 is 5.97 Å². The molecule has 0 aromatic rings. The Kier molecular flexibility index (Phi) is 4.49. The van der Waals surface area contributed by atoms with Crippen molar-refractivity contribution >= 4 is 24.8 Å². The summed E-state index contributed by atoms with van der Waals surface area (Å²) in [7, 11) is 4.39. The molecule has 5 nitrogen and oxygen atoms in total. The third-order valence-electron chi connectivity index (χ3n) is 0.506. The molecule has 58 valence electrons. The monoisotopic (exact) mass is 181 g/mol. The van der Waals surface area contributed by atoms with E-state index >= 15 is 0 Å². The van der Waals surface area contributed by atoms with E-state index < -0.39 is 5.97 Å². The number of nitrogens with one attached hydrogen (secondary N) is 1. The SMILES string of the molecule is C=C(N)C(=O)ONN(P)P. The molecule has 0 spiro atoms. The standard InChI is InChI=1S/C3H9N3O2P2/c1-2(4)3(7)8-5-6(9)10/h5H,1,4,9-10H2. The lowest BCUT2D eigenvalue weighted by molar-refractivity contribution is -0.150. The van der Waals surface area contributed by atoms with Gasteiger partial charge in [-0.25, -0.2) is 4.79 Å². The summed E-state index contributed by atoms with van der Waals surface area (Å²) in [5.41, 5.74) is 7.03. The molecular weight excluding hydrogens is 172 g/mol. The molecule has 0 bridgehead atoms. The second kappa shape index (κ2) is 4.58. The van der Waals surface area contributed by atoms with Gasteiger partial charge in [-0.3, -0.25) is 0 Å². The fourth-order valence-electron chi connectivity index (χ4n) is 0.160. The second-order valence-corrected chi connectivity index (χ2v) is 3.12. The smallest absolute Gasteiger partial charge is 0.373 e. The number of nitrogens with two attached hydrogens (primary N) is 1. The van der Waals surface area contributed by atoms with Gasteiger partial charge in [0.05, 0.1) is 0 Å². The van der Waals surface area contributed by atoms with Crippen LogP contribution in [0.25, 0.3) is 0 Å². The summed E-state index contributed by atoms with van der Waals surface area (Å²) in [6.07, 6.45) is 0. The molecule has 0 aromatic heterocycles. The lowest BCUT2D eigenvalue weighted by Gasteiger charge is -2.09. The number of nitrogens with zero attached hydrogens (tertiary/aromatic N) is 1. The molecule has 0 amide bonds. The quantitative estimate of drug-likeness (QED) is 0.342. The van der Waals surface area contributed by atoms with Crippen LogP contribution in [0.15, 0.2) is 12.3 Å². The number of hydrogen-bond donors (Lipinski definition) is 2. The average Bonchev–Trinajstić information content (AvgIpc) is 1.82. The molecule has 0 saturated carbocycles. The highest BCUT2D eigenvalue weighted by molar-refractivity contribution is 7.30. The molecule has 3 N–H and O–H groups in total. The first-order valence-electron chi connectivity index (χ1n) is 2.24. The van der Waals surface area contributed by atoms with Crippen LogP contribution in [0.5, 0.6) is 0 Å². The van der Waals surface area contributed by atoms with Gasteiger partial charge in [0.2, 0.25) is 0 Å². The van der Waals surface area contributed by atoms with E-state index in [1.54, 1.807) is 0 Å². The summed E-state index contributed by atoms with van der Waals surface area (Å²) in [5, 5.41) is 0. The van der Waals surface area contributed by atoms with Crippen LogP contribution in [-0.2, 0) is 9.63 Å². The zero-order chi connectivity index (χ0) is 8.15. The predicted octanol–water partition coefficient (Wildman–Crippen LogP) is -0.696. The maximum absolute atomic E-state index is 10.5. The van der Waals surface area contributed by atoms with Crippen molar-refractivity contribution in [3.8, 4) is 0 Å². The van der Waals surface area contributed by atoms with Crippen LogP contribution in [0.2, 0.25) is 0 Å². The molecule has 2 atom stereocenters. The van der Waals surface area contributed by atoms with E-state index in [1.807, 2.05) is 0 Å². The van der Waals surface area contributed by atoms with Crippen molar-refractivity contribution in [3.63, 3.8) is 0 Å². The van der Waals surface area contributed by atoms with Crippen molar-refractivity contribution in [1.29, 1.82) is 0 Å². The molecular formula is C3H9N3O2P2. The van der Waals surface area contributed by atoms with Crippen molar-refractivity contribution in [2.75, 3.05) is 0 Å². The summed E-state index contributed by atoms with van der Waals surface area (Å²) in [5.74, 6) is -0.699. The Morgan fingerprint density at radius 1 is 1.70 bits per heavy atom. The number of hydrogen-bond acceptors (Lipinski definition) is 5. The Bertz CT molecular complexity index is 149. The highest BCUT2D eigenvalue weighted by Gasteiger charge is 2.02. The average molecular weight is 181 g/mol. The largest absolute Gasteiger partial charge is 0.393 e. The Balaban J connectivity index is 3.50. The lowest BCUT2D eigenvalue weighted by atomic mass is 10.5. The van der Waals surface area contributed by atoms with Gasteiger partial charge in [0, 0.05) is 0 Å². The van der Waals surface area contributed by atoms with E-state index in [-0.39, 0.29) is 5.70 Å². The first-order valence-corrected chi connectivity index (χ1v) is 3.28. The first-order chi connectivity index (χ1) is 4.54. The van der Waals surface area contributed by atoms with Crippen LogP contribution >= 0.6 is 18.8 Å². The van der Waals surface area contributed by atoms with Crippen LogP contribution in [0.3, 0.4) is 0 Å². The van der Waals surface area contributed by atoms with Crippen LogP contribution in [0.1, 0.15) is 0 Å². The van der Waals surface area contributed by atoms with Gasteiger partial charge in [0.1, 0.15) is 5.70 Å². The summed E-state index contributed by atoms with van der Waals surface area (Å²) in [6, 6.07) is 0. The number of carbonyl (C=O) groups is 1. The molecule has 10 heavy (non-hydrogen) atoms. The minimum atomic E-state index is -0.699. The molecule has 0 heterocycles. The maximum Gasteiger partial charge on any atom is 0.373 e. The normalized spacial score (nSPS) is 9.50. The van der Waals surface area contributed by atoms with Crippen molar-refractivity contribution in [1.82, 2.24) is 10.1 Å². The first kappa shape index (κ1) is 9.79. The van der Waals surface area contributed by atoms with Gasteiger partial charge < -0.3 is 10.6 Å². The molecule has 0 rings (SSSR count). The summed E-state index contributed by atoms with van der Waals surface area (Å²) < 4.78 is 1.29. The summed E-state index contributed by atoms with van der Waals surface area (Å²) in [4.78, 5) is 14.8. The van der Waals surface area contributed by atoms with Gasteiger partial charge in [-0.15, -0.1) is 0 Å². The molecule has 0 aliphatic rings. The predicted molar refractivity (Wildman–Crippen MR) is 43.8 cm³/mol. The van der Waals surface area contributed by atoms with Gasteiger partial charge in [0.15, 0.2) is 0 Å². The minimum absolute atomic E-state index is 0.149. The molecule has 0 radical (unpaired) electrons. The van der Waals surface area contributed by atoms with E-state index in [4.69, 9.17) is 5.73 Å². The zero-order valence-corrected chi connectivity index (χ0v) is 7.51. The van der Waals surface area contributed by atoms with Crippen molar-refractivity contribution in [2.24, 2.45) is 5.73 Å². The van der Waals surface area contributed by atoms with Crippen molar-refractivity contribution < 1.29 is 9.63 Å². The van der Waals surface area contributed by atoms with Gasteiger partial charge in [-0.05, 0) is 18.8 Å². The zero-order valence-electron chi connectivity index (χ0n) is 5.20. The fraction of sp³-hybridized carbons (Fsp3) is 0. The molecule has 0 aromatic carbocycles. The number of hydrazine groups is 1. The summed E-state index contributed by atoms with van der Waals surface area (Å²) >= 11 is 0. The lowest BCUT2D eigenvalue weighted by Crippen LogP contribution is -2.27. The van der Waals surface area contributed by atoms with E-state index in [9.17, 15) is 4.79 Å². The molecule has 7 heteroatoms. The van der Waals surface area contributed by atoms with E-state index in [0.717, 1.165) is 0 Å². The van der Waals surface area contributed by atoms with E-state index in [0.29, 0.717) is 0 Å². The van der Waals surface area contributed by atoms with Crippen molar-refractivity contribution in [2.45, 2.75) is 0 Å². The topological polar surface area (TPSA) is 67.6 Å². The van der Waals surface area contributed by atoms with Crippen LogP contribution in [0.4, 0.5) is 0 Å². The second-order valence-electron chi connectivity index (χ2n) is 1.41. The third kappa shape index (κ3) is 4.65. The molecule has 0 saturated heterocycles.